The molecular formula is C14H18N2OS. The molecule has 1 saturated heterocycles. The van der Waals surface area contributed by atoms with Gasteiger partial charge >= 0.3 is 0 Å². The molecule has 0 saturated carbocycles. The first kappa shape index (κ1) is 13.0. The highest BCUT2D eigenvalue weighted by Gasteiger charge is 2.23. The third kappa shape index (κ3) is 3.29. The molecule has 1 fully saturated rings. The Balaban J connectivity index is 1.86. The van der Waals surface area contributed by atoms with E-state index in [1.165, 1.54) is 0 Å². The number of hydrogen-bond acceptors (Lipinski definition) is 2. The van der Waals surface area contributed by atoms with Crippen molar-refractivity contribution in [1.82, 2.24) is 4.90 Å². The number of hydrogen-bond donors (Lipinski definition) is 1. The van der Waals surface area contributed by atoms with E-state index in [4.69, 9.17) is 18.0 Å². The maximum atomic E-state index is 12.1. The third-order valence-corrected chi connectivity index (χ3v) is 3.78. The molecule has 0 atom stereocenters. The van der Waals surface area contributed by atoms with E-state index >= 15 is 0 Å². The Morgan fingerprint density at radius 3 is 2.44 bits per heavy atom. The second-order valence-electron chi connectivity index (χ2n) is 4.72. The van der Waals surface area contributed by atoms with Crippen LogP contribution >= 0.6 is 12.2 Å². The van der Waals surface area contributed by atoms with Crippen molar-refractivity contribution in [2.24, 2.45) is 11.7 Å². The molecule has 1 aliphatic rings. The van der Waals surface area contributed by atoms with Gasteiger partial charge in [-0.2, -0.15) is 0 Å². The van der Waals surface area contributed by atoms with E-state index in [0.717, 1.165) is 31.5 Å². The molecular weight excluding hydrogens is 244 g/mol. The third-order valence-electron chi connectivity index (χ3n) is 3.45. The minimum Gasteiger partial charge on any atom is -0.393 e. The van der Waals surface area contributed by atoms with E-state index < -0.39 is 0 Å². The molecule has 18 heavy (non-hydrogen) atoms. The molecule has 0 aliphatic carbocycles. The fourth-order valence-corrected chi connectivity index (χ4v) is 2.53. The maximum Gasteiger partial charge on any atom is 0.226 e. The van der Waals surface area contributed by atoms with E-state index in [1.807, 2.05) is 35.2 Å². The maximum absolute atomic E-state index is 12.1. The zero-order valence-corrected chi connectivity index (χ0v) is 11.2. The van der Waals surface area contributed by atoms with Gasteiger partial charge in [0, 0.05) is 19.0 Å². The summed E-state index contributed by atoms with van der Waals surface area (Å²) in [6.45, 7) is 1.54. The molecule has 1 aromatic rings. The van der Waals surface area contributed by atoms with Crippen LogP contribution in [0.25, 0.3) is 0 Å². The molecule has 1 amide bonds. The number of likely N-dealkylation sites (tertiary alicyclic amines) is 1. The lowest BCUT2D eigenvalue weighted by Gasteiger charge is -2.31. The van der Waals surface area contributed by atoms with Crippen molar-refractivity contribution >= 4 is 23.1 Å². The Labute approximate surface area is 113 Å². The number of thiocarbonyl (C=S) groups is 1. The summed E-state index contributed by atoms with van der Waals surface area (Å²) < 4.78 is 0. The molecule has 2 rings (SSSR count). The van der Waals surface area contributed by atoms with Gasteiger partial charge < -0.3 is 10.6 Å². The summed E-state index contributed by atoms with van der Waals surface area (Å²) in [5.74, 6) is 0.503. The van der Waals surface area contributed by atoms with Crippen molar-refractivity contribution in [1.29, 1.82) is 0 Å². The van der Waals surface area contributed by atoms with Gasteiger partial charge in [-0.05, 0) is 18.4 Å². The zero-order chi connectivity index (χ0) is 13.0. The van der Waals surface area contributed by atoms with E-state index in [0.29, 0.717) is 17.3 Å². The van der Waals surface area contributed by atoms with Crippen molar-refractivity contribution < 1.29 is 4.79 Å². The van der Waals surface area contributed by atoms with E-state index in [-0.39, 0.29) is 5.91 Å². The number of piperidine rings is 1. The standard InChI is InChI=1S/C14H18N2OS/c15-14(18)12-6-8-16(9-7-12)13(17)10-11-4-2-1-3-5-11/h1-5,12H,6-10H2,(H2,15,18). The van der Waals surface area contributed by atoms with Gasteiger partial charge in [0.1, 0.15) is 0 Å². The van der Waals surface area contributed by atoms with E-state index in [2.05, 4.69) is 0 Å². The fourth-order valence-electron chi connectivity index (χ4n) is 2.30. The van der Waals surface area contributed by atoms with Gasteiger partial charge in [0.15, 0.2) is 0 Å². The second kappa shape index (κ2) is 5.96. The van der Waals surface area contributed by atoms with Crippen LogP contribution in [0.5, 0.6) is 0 Å². The summed E-state index contributed by atoms with van der Waals surface area (Å²) in [6.07, 6.45) is 2.28. The molecule has 0 spiro atoms. The van der Waals surface area contributed by atoms with Gasteiger partial charge in [-0.3, -0.25) is 4.79 Å². The van der Waals surface area contributed by atoms with Crippen molar-refractivity contribution in [3.8, 4) is 0 Å². The van der Waals surface area contributed by atoms with Gasteiger partial charge in [-0.25, -0.2) is 0 Å². The number of nitrogens with zero attached hydrogens (tertiary/aromatic N) is 1. The molecule has 3 nitrogen and oxygen atoms in total. The topological polar surface area (TPSA) is 46.3 Å². The predicted molar refractivity (Wildman–Crippen MR) is 76.2 cm³/mol. The molecule has 2 N–H and O–H groups in total. The van der Waals surface area contributed by atoms with Crippen LogP contribution in [0.2, 0.25) is 0 Å². The summed E-state index contributed by atoms with van der Waals surface area (Å²) in [5.41, 5.74) is 6.71. The smallest absolute Gasteiger partial charge is 0.226 e. The van der Waals surface area contributed by atoms with Gasteiger partial charge in [-0.1, -0.05) is 42.5 Å². The fraction of sp³-hybridized carbons (Fsp3) is 0.429. The van der Waals surface area contributed by atoms with Crippen LogP contribution in [0.15, 0.2) is 30.3 Å². The van der Waals surface area contributed by atoms with Crippen LogP contribution in [0.4, 0.5) is 0 Å². The minimum atomic E-state index is 0.197. The number of amides is 1. The molecule has 0 aromatic heterocycles. The van der Waals surface area contributed by atoms with Crippen LogP contribution < -0.4 is 5.73 Å². The van der Waals surface area contributed by atoms with Gasteiger partial charge in [0.2, 0.25) is 5.91 Å². The monoisotopic (exact) mass is 262 g/mol. The molecule has 4 heteroatoms. The number of benzene rings is 1. The van der Waals surface area contributed by atoms with E-state index in [1.54, 1.807) is 0 Å². The molecule has 1 heterocycles. The largest absolute Gasteiger partial charge is 0.393 e. The number of carbonyl (C=O) groups is 1. The predicted octanol–water partition coefficient (Wildman–Crippen LogP) is 1.75. The first-order chi connectivity index (χ1) is 8.66. The normalized spacial score (nSPS) is 16.6. The number of nitrogens with two attached hydrogens (primary N) is 1. The zero-order valence-electron chi connectivity index (χ0n) is 10.3. The first-order valence-electron chi connectivity index (χ1n) is 6.28. The average Bonchev–Trinajstić information content (AvgIpc) is 2.40. The van der Waals surface area contributed by atoms with Crippen molar-refractivity contribution in [3.63, 3.8) is 0 Å². The Bertz CT molecular complexity index is 425. The molecule has 96 valence electrons. The second-order valence-corrected chi connectivity index (χ2v) is 5.19. The van der Waals surface area contributed by atoms with Crippen molar-refractivity contribution in [2.45, 2.75) is 19.3 Å². The highest BCUT2D eigenvalue weighted by Crippen LogP contribution is 2.18. The van der Waals surface area contributed by atoms with Crippen LogP contribution in [0, 0.1) is 5.92 Å². The number of rotatable bonds is 3. The minimum absolute atomic E-state index is 0.197. The SMILES string of the molecule is NC(=S)C1CCN(C(=O)Cc2ccccc2)CC1. The van der Waals surface area contributed by atoms with E-state index in [9.17, 15) is 4.79 Å². The first-order valence-corrected chi connectivity index (χ1v) is 6.68. The quantitative estimate of drug-likeness (QED) is 0.844. The highest BCUT2D eigenvalue weighted by atomic mass is 32.1. The molecule has 0 radical (unpaired) electrons. The summed E-state index contributed by atoms with van der Waals surface area (Å²) in [7, 11) is 0. The highest BCUT2D eigenvalue weighted by molar-refractivity contribution is 7.80. The van der Waals surface area contributed by atoms with Gasteiger partial charge in [0.05, 0.1) is 11.4 Å². The van der Waals surface area contributed by atoms with Crippen LogP contribution in [0.1, 0.15) is 18.4 Å². The molecule has 0 bridgehead atoms. The summed E-state index contributed by atoms with van der Waals surface area (Å²) >= 11 is 5.00. The average molecular weight is 262 g/mol. The lowest BCUT2D eigenvalue weighted by atomic mass is 9.96. The van der Waals surface area contributed by atoms with Crippen LogP contribution in [0.3, 0.4) is 0 Å². The molecule has 1 aromatic carbocycles. The van der Waals surface area contributed by atoms with Gasteiger partial charge in [0.25, 0.3) is 0 Å². The summed E-state index contributed by atoms with van der Waals surface area (Å²) in [5, 5.41) is 0. The Morgan fingerprint density at radius 1 is 1.28 bits per heavy atom. The lowest BCUT2D eigenvalue weighted by Crippen LogP contribution is -2.41. The Kier molecular flexibility index (Phi) is 4.31. The number of carbonyl (C=O) groups excluding carboxylic acids is 1. The lowest BCUT2D eigenvalue weighted by molar-refractivity contribution is -0.131. The Hall–Kier alpha value is -1.42. The Morgan fingerprint density at radius 2 is 1.89 bits per heavy atom. The summed E-state index contributed by atoms with van der Waals surface area (Å²) in [6, 6.07) is 9.85. The van der Waals surface area contributed by atoms with Crippen LogP contribution in [-0.4, -0.2) is 28.9 Å². The van der Waals surface area contributed by atoms with Crippen molar-refractivity contribution in [3.05, 3.63) is 35.9 Å². The summed E-state index contributed by atoms with van der Waals surface area (Å²) in [4.78, 5) is 14.6. The van der Waals surface area contributed by atoms with Gasteiger partial charge in [-0.15, -0.1) is 0 Å². The molecule has 0 unspecified atom stereocenters. The molecule has 1 aliphatic heterocycles. The van der Waals surface area contributed by atoms with Crippen molar-refractivity contribution in [2.75, 3.05) is 13.1 Å². The van der Waals surface area contributed by atoms with Crippen LogP contribution in [-0.2, 0) is 11.2 Å².